The fraction of sp³-hybridized carbons (Fsp3) is 0.917. The number of nitrogens with one attached hydrogen (secondary N) is 1. The highest BCUT2D eigenvalue weighted by Gasteiger charge is 2.31. The molecule has 0 aliphatic carbocycles. The summed E-state index contributed by atoms with van der Waals surface area (Å²) < 4.78 is 0. The van der Waals surface area contributed by atoms with Gasteiger partial charge in [0.2, 0.25) is 5.91 Å². The molecule has 2 atom stereocenters. The molecule has 1 aliphatic rings. The van der Waals surface area contributed by atoms with Crippen LogP contribution in [0.5, 0.6) is 0 Å². The first-order valence-electron chi connectivity index (χ1n) is 6.26. The van der Waals surface area contributed by atoms with Crippen LogP contribution in [0.4, 0.5) is 0 Å². The van der Waals surface area contributed by atoms with Crippen LogP contribution < -0.4 is 11.1 Å². The smallest absolute Gasteiger partial charge is 0.237 e. The van der Waals surface area contributed by atoms with Crippen molar-refractivity contribution >= 4 is 5.91 Å². The quantitative estimate of drug-likeness (QED) is 0.658. The van der Waals surface area contributed by atoms with E-state index in [9.17, 15) is 4.79 Å². The van der Waals surface area contributed by atoms with Crippen LogP contribution in [0, 0.1) is 0 Å². The van der Waals surface area contributed by atoms with E-state index in [1.807, 2.05) is 6.92 Å². The summed E-state index contributed by atoms with van der Waals surface area (Å²) in [4.78, 5) is 16.0. The van der Waals surface area contributed by atoms with Gasteiger partial charge in [-0.05, 0) is 47.5 Å². The van der Waals surface area contributed by atoms with E-state index in [4.69, 9.17) is 5.73 Å². The standard InChI is InChI=1S/C12H26N4O/c1-12(14-2,11(13)17)6-8-16-7-5-10(9-16)15(3)4/h10,14H,5-9H2,1-4H3,(H2,13,17). The van der Waals surface area contributed by atoms with Crippen LogP contribution in [0.2, 0.25) is 0 Å². The summed E-state index contributed by atoms with van der Waals surface area (Å²) in [6, 6.07) is 0.643. The normalized spacial score (nSPS) is 25.1. The first-order valence-corrected chi connectivity index (χ1v) is 6.26. The zero-order chi connectivity index (χ0) is 13.1. The number of nitrogens with zero attached hydrogens (tertiary/aromatic N) is 2. The molecular weight excluding hydrogens is 216 g/mol. The maximum atomic E-state index is 11.4. The van der Waals surface area contributed by atoms with Gasteiger partial charge in [0.05, 0.1) is 5.54 Å². The number of carbonyl (C=O) groups is 1. The second-order valence-electron chi connectivity index (χ2n) is 5.40. The maximum Gasteiger partial charge on any atom is 0.237 e. The van der Waals surface area contributed by atoms with Crippen molar-refractivity contribution in [3.05, 3.63) is 0 Å². The third-order valence-electron chi connectivity index (χ3n) is 4.00. The van der Waals surface area contributed by atoms with Crippen molar-refractivity contribution in [3.63, 3.8) is 0 Å². The Morgan fingerprint density at radius 2 is 2.24 bits per heavy atom. The number of primary amides is 1. The summed E-state index contributed by atoms with van der Waals surface area (Å²) >= 11 is 0. The van der Waals surface area contributed by atoms with Crippen molar-refractivity contribution in [2.75, 3.05) is 40.8 Å². The van der Waals surface area contributed by atoms with E-state index < -0.39 is 5.54 Å². The number of likely N-dealkylation sites (N-methyl/N-ethyl adjacent to an activating group) is 2. The Morgan fingerprint density at radius 3 is 2.65 bits per heavy atom. The van der Waals surface area contributed by atoms with E-state index >= 15 is 0 Å². The molecule has 5 heteroatoms. The van der Waals surface area contributed by atoms with Crippen LogP contribution in [0.15, 0.2) is 0 Å². The highest BCUT2D eigenvalue weighted by molar-refractivity contribution is 5.84. The Labute approximate surface area is 104 Å². The van der Waals surface area contributed by atoms with Crippen LogP contribution in [0.3, 0.4) is 0 Å². The van der Waals surface area contributed by atoms with Crippen LogP contribution in [0.25, 0.3) is 0 Å². The molecule has 0 radical (unpaired) electrons. The molecule has 5 nitrogen and oxygen atoms in total. The number of amides is 1. The Bertz CT molecular complexity index is 269. The van der Waals surface area contributed by atoms with Crippen molar-refractivity contribution < 1.29 is 4.79 Å². The average molecular weight is 242 g/mol. The summed E-state index contributed by atoms with van der Waals surface area (Å²) in [6.45, 7) is 4.99. The zero-order valence-corrected chi connectivity index (χ0v) is 11.5. The minimum absolute atomic E-state index is 0.275. The summed E-state index contributed by atoms with van der Waals surface area (Å²) in [5.74, 6) is -0.275. The third-order valence-corrected chi connectivity index (χ3v) is 4.00. The molecule has 2 unspecified atom stereocenters. The highest BCUT2D eigenvalue weighted by Crippen LogP contribution is 2.16. The van der Waals surface area contributed by atoms with Gasteiger partial charge in [0.25, 0.3) is 0 Å². The molecule has 0 bridgehead atoms. The molecule has 1 amide bonds. The van der Waals surface area contributed by atoms with Gasteiger partial charge in [-0.1, -0.05) is 0 Å². The van der Waals surface area contributed by atoms with Crippen molar-refractivity contribution in [1.82, 2.24) is 15.1 Å². The first-order chi connectivity index (χ1) is 7.89. The van der Waals surface area contributed by atoms with Crippen LogP contribution >= 0.6 is 0 Å². The second-order valence-corrected chi connectivity index (χ2v) is 5.40. The van der Waals surface area contributed by atoms with E-state index in [1.165, 1.54) is 6.42 Å². The van der Waals surface area contributed by atoms with Gasteiger partial charge in [-0.3, -0.25) is 4.79 Å². The minimum Gasteiger partial charge on any atom is -0.368 e. The van der Waals surface area contributed by atoms with Gasteiger partial charge in [-0.2, -0.15) is 0 Å². The lowest BCUT2D eigenvalue weighted by molar-refractivity contribution is -0.124. The van der Waals surface area contributed by atoms with Gasteiger partial charge in [-0.25, -0.2) is 0 Å². The predicted molar refractivity (Wildman–Crippen MR) is 69.8 cm³/mol. The van der Waals surface area contributed by atoms with E-state index in [0.29, 0.717) is 6.04 Å². The Hall–Kier alpha value is -0.650. The molecule has 17 heavy (non-hydrogen) atoms. The Morgan fingerprint density at radius 1 is 1.59 bits per heavy atom. The molecule has 0 saturated carbocycles. The lowest BCUT2D eigenvalue weighted by Crippen LogP contribution is -2.53. The summed E-state index contributed by atoms with van der Waals surface area (Å²) in [5.41, 5.74) is 4.83. The lowest BCUT2D eigenvalue weighted by atomic mass is 9.97. The monoisotopic (exact) mass is 242 g/mol. The number of carbonyl (C=O) groups excluding carboxylic acids is 1. The fourth-order valence-electron chi connectivity index (χ4n) is 2.19. The van der Waals surface area contributed by atoms with Gasteiger partial charge < -0.3 is 20.9 Å². The predicted octanol–water partition coefficient (Wildman–Crippen LogP) is -0.524. The molecule has 0 aromatic rings. The average Bonchev–Trinajstić information content (AvgIpc) is 2.74. The SMILES string of the molecule is CNC(C)(CCN1CCC(N(C)C)C1)C(N)=O. The van der Waals surface area contributed by atoms with Gasteiger partial charge in [0, 0.05) is 19.1 Å². The lowest BCUT2D eigenvalue weighted by Gasteiger charge is -2.28. The van der Waals surface area contributed by atoms with E-state index in [-0.39, 0.29) is 5.91 Å². The zero-order valence-electron chi connectivity index (χ0n) is 11.5. The van der Waals surface area contributed by atoms with E-state index in [0.717, 1.165) is 26.1 Å². The molecule has 1 aliphatic heterocycles. The molecule has 0 aromatic carbocycles. The van der Waals surface area contributed by atoms with Crippen LogP contribution in [-0.2, 0) is 4.79 Å². The molecule has 1 rings (SSSR count). The largest absolute Gasteiger partial charge is 0.368 e. The second kappa shape index (κ2) is 5.80. The molecule has 3 N–H and O–H groups in total. The molecular formula is C12H26N4O. The van der Waals surface area contributed by atoms with Gasteiger partial charge in [0.15, 0.2) is 0 Å². The van der Waals surface area contributed by atoms with Crippen molar-refractivity contribution in [3.8, 4) is 0 Å². The third kappa shape index (κ3) is 3.66. The summed E-state index contributed by atoms with van der Waals surface area (Å²) in [5, 5.41) is 3.02. The van der Waals surface area contributed by atoms with Crippen LogP contribution in [0.1, 0.15) is 19.8 Å². The number of hydrogen-bond donors (Lipinski definition) is 2. The first kappa shape index (κ1) is 14.4. The number of rotatable bonds is 6. The van der Waals surface area contributed by atoms with Gasteiger partial charge in [-0.15, -0.1) is 0 Å². The molecule has 1 fully saturated rings. The Kier molecular flexibility index (Phi) is 4.91. The highest BCUT2D eigenvalue weighted by atomic mass is 16.1. The van der Waals surface area contributed by atoms with Crippen LogP contribution in [-0.4, -0.2) is 68.1 Å². The molecule has 0 aromatic heterocycles. The van der Waals surface area contributed by atoms with Crippen molar-refractivity contribution in [1.29, 1.82) is 0 Å². The van der Waals surface area contributed by atoms with Crippen molar-refractivity contribution in [2.24, 2.45) is 5.73 Å². The summed E-state index contributed by atoms with van der Waals surface area (Å²) in [7, 11) is 6.03. The number of nitrogens with two attached hydrogens (primary N) is 1. The molecule has 1 saturated heterocycles. The minimum atomic E-state index is -0.587. The van der Waals surface area contributed by atoms with E-state index in [2.05, 4.69) is 29.2 Å². The molecule has 1 heterocycles. The fourth-order valence-corrected chi connectivity index (χ4v) is 2.19. The molecule has 0 spiro atoms. The summed E-state index contributed by atoms with van der Waals surface area (Å²) in [6.07, 6.45) is 1.97. The van der Waals surface area contributed by atoms with Gasteiger partial charge >= 0.3 is 0 Å². The topological polar surface area (TPSA) is 61.6 Å². The van der Waals surface area contributed by atoms with E-state index in [1.54, 1.807) is 7.05 Å². The van der Waals surface area contributed by atoms with Crippen molar-refractivity contribution in [2.45, 2.75) is 31.3 Å². The Balaban J connectivity index is 2.39. The van der Waals surface area contributed by atoms with Gasteiger partial charge in [0.1, 0.15) is 0 Å². The number of likely N-dealkylation sites (tertiary alicyclic amines) is 1. The number of hydrogen-bond acceptors (Lipinski definition) is 4. The molecule has 100 valence electrons. The maximum absolute atomic E-state index is 11.4.